The highest BCUT2D eigenvalue weighted by Gasteiger charge is 2.18. The van der Waals surface area contributed by atoms with Gasteiger partial charge in [-0.1, -0.05) is 20.8 Å². The second-order valence-corrected chi connectivity index (χ2v) is 5.44. The Hall–Kier alpha value is -1.85. The van der Waals surface area contributed by atoms with Crippen LogP contribution in [0.5, 0.6) is 0 Å². The van der Waals surface area contributed by atoms with Gasteiger partial charge >= 0.3 is 0 Å². The van der Waals surface area contributed by atoms with E-state index in [1.165, 1.54) is 0 Å². The Balaban J connectivity index is 3.26. The van der Waals surface area contributed by atoms with Crippen LogP contribution in [-0.4, -0.2) is 35.5 Å². The number of hydrogen-bond donors (Lipinski definition) is 2. The summed E-state index contributed by atoms with van der Waals surface area (Å²) in [5, 5.41) is 3.34. The lowest BCUT2D eigenvalue weighted by atomic mass is 10.2. The molecule has 0 aliphatic carbocycles. The van der Waals surface area contributed by atoms with Crippen LogP contribution in [0.2, 0.25) is 0 Å². The van der Waals surface area contributed by atoms with Gasteiger partial charge in [0, 0.05) is 24.6 Å². The molecule has 0 unspecified atom stereocenters. The summed E-state index contributed by atoms with van der Waals surface area (Å²) in [6.07, 6.45) is 1.02. The Morgan fingerprint density at radius 3 is 2.48 bits per heavy atom. The number of anilines is 2. The van der Waals surface area contributed by atoms with E-state index in [9.17, 15) is 4.79 Å². The number of nitrogens with one attached hydrogen (secondary N) is 1. The standard InChI is InChI=1S/C15H27N5O/c1-6-8-17-14-11(5)15(19-13(18-14)10(3)4)20(7-2)9-12(16)21/h10H,6-9H2,1-5H3,(H2,16,21)(H,17,18,19). The van der Waals surface area contributed by atoms with E-state index in [0.29, 0.717) is 6.54 Å². The van der Waals surface area contributed by atoms with E-state index in [4.69, 9.17) is 5.73 Å². The predicted octanol–water partition coefficient (Wildman–Crippen LogP) is 2.04. The largest absolute Gasteiger partial charge is 0.370 e. The van der Waals surface area contributed by atoms with E-state index in [1.807, 2.05) is 18.7 Å². The van der Waals surface area contributed by atoms with Gasteiger partial charge in [0.25, 0.3) is 0 Å². The normalized spacial score (nSPS) is 10.8. The van der Waals surface area contributed by atoms with Crippen LogP contribution in [-0.2, 0) is 4.79 Å². The van der Waals surface area contributed by atoms with Crippen molar-refractivity contribution in [2.24, 2.45) is 5.73 Å². The lowest BCUT2D eigenvalue weighted by Crippen LogP contribution is -2.35. The number of nitrogens with zero attached hydrogens (tertiary/aromatic N) is 3. The first-order chi connectivity index (χ1) is 9.90. The average molecular weight is 293 g/mol. The summed E-state index contributed by atoms with van der Waals surface area (Å²) in [5.41, 5.74) is 6.29. The number of likely N-dealkylation sites (N-methyl/N-ethyl adjacent to an activating group) is 1. The predicted molar refractivity (Wildman–Crippen MR) is 86.7 cm³/mol. The molecule has 0 aliphatic rings. The molecule has 1 heterocycles. The van der Waals surface area contributed by atoms with Crippen LogP contribution < -0.4 is 16.0 Å². The number of amides is 1. The monoisotopic (exact) mass is 293 g/mol. The maximum absolute atomic E-state index is 11.3. The second kappa shape index (κ2) is 7.81. The minimum Gasteiger partial charge on any atom is -0.370 e. The molecule has 0 saturated heterocycles. The summed E-state index contributed by atoms with van der Waals surface area (Å²) in [4.78, 5) is 22.4. The molecule has 0 atom stereocenters. The molecule has 1 rings (SSSR count). The fourth-order valence-corrected chi connectivity index (χ4v) is 2.03. The minimum atomic E-state index is -0.357. The number of aromatic nitrogens is 2. The van der Waals surface area contributed by atoms with E-state index in [2.05, 4.69) is 36.1 Å². The zero-order valence-electron chi connectivity index (χ0n) is 13.7. The molecule has 1 aromatic rings. The van der Waals surface area contributed by atoms with E-state index in [1.54, 1.807) is 0 Å². The molecule has 0 fully saturated rings. The molecule has 6 heteroatoms. The molecule has 6 nitrogen and oxygen atoms in total. The third kappa shape index (κ3) is 4.58. The zero-order chi connectivity index (χ0) is 16.0. The van der Waals surface area contributed by atoms with E-state index in [-0.39, 0.29) is 18.4 Å². The van der Waals surface area contributed by atoms with Crippen LogP contribution in [0.3, 0.4) is 0 Å². The van der Waals surface area contributed by atoms with Crippen molar-refractivity contribution < 1.29 is 4.79 Å². The van der Waals surface area contributed by atoms with Gasteiger partial charge in [0.05, 0.1) is 6.54 Å². The van der Waals surface area contributed by atoms with E-state index >= 15 is 0 Å². The first kappa shape index (κ1) is 17.2. The fraction of sp³-hybridized carbons (Fsp3) is 0.667. The quantitative estimate of drug-likeness (QED) is 0.766. The third-order valence-corrected chi connectivity index (χ3v) is 3.22. The van der Waals surface area contributed by atoms with Gasteiger partial charge in [-0.3, -0.25) is 4.79 Å². The van der Waals surface area contributed by atoms with Gasteiger partial charge < -0.3 is 16.0 Å². The smallest absolute Gasteiger partial charge is 0.236 e. The lowest BCUT2D eigenvalue weighted by molar-refractivity contribution is -0.116. The summed E-state index contributed by atoms with van der Waals surface area (Å²) in [5.74, 6) is 2.27. The SMILES string of the molecule is CCCNc1nc(C(C)C)nc(N(CC)CC(N)=O)c1C. The topological polar surface area (TPSA) is 84.1 Å². The summed E-state index contributed by atoms with van der Waals surface area (Å²) < 4.78 is 0. The van der Waals surface area contributed by atoms with Crippen LogP contribution in [0.15, 0.2) is 0 Å². The molecule has 0 aromatic carbocycles. The van der Waals surface area contributed by atoms with Crippen molar-refractivity contribution in [1.82, 2.24) is 9.97 Å². The van der Waals surface area contributed by atoms with Crippen LogP contribution in [0.25, 0.3) is 0 Å². The lowest BCUT2D eigenvalue weighted by Gasteiger charge is -2.24. The van der Waals surface area contributed by atoms with Crippen molar-refractivity contribution in [2.75, 3.05) is 29.9 Å². The van der Waals surface area contributed by atoms with Crippen molar-refractivity contribution in [3.05, 3.63) is 11.4 Å². The first-order valence-electron chi connectivity index (χ1n) is 7.56. The number of carbonyl (C=O) groups is 1. The number of nitrogens with two attached hydrogens (primary N) is 1. The second-order valence-electron chi connectivity index (χ2n) is 5.44. The maximum Gasteiger partial charge on any atom is 0.236 e. The van der Waals surface area contributed by atoms with Crippen molar-refractivity contribution >= 4 is 17.5 Å². The van der Waals surface area contributed by atoms with Crippen molar-refractivity contribution in [3.8, 4) is 0 Å². The van der Waals surface area contributed by atoms with Crippen LogP contribution in [0.4, 0.5) is 11.6 Å². The summed E-state index contributed by atoms with van der Waals surface area (Å²) in [6, 6.07) is 0. The number of rotatable bonds is 8. The molecular formula is C15H27N5O. The van der Waals surface area contributed by atoms with Gasteiger partial charge in [-0.25, -0.2) is 9.97 Å². The number of hydrogen-bond acceptors (Lipinski definition) is 5. The molecule has 0 spiro atoms. The average Bonchev–Trinajstić information content (AvgIpc) is 2.43. The third-order valence-electron chi connectivity index (χ3n) is 3.22. The molecule has 0 bridgehead atoms. The molecule has 0 saturated carbocycles. The highest BCUT2D eigenvalue weighted by Crippen LogP contribution is 2.26. The highest BCUT2D eigenvalue weighted by molar-refractivity contribution is 5.79. The molecule has 0 radical (unpaired) electrons. The number of primary amides is 1. The summed E-state index contributed by atoms with van der Waals surface area (Å²) in [6.45, 7) is 11.9. The van der Waals surface area contributed by atoms with Crippen molar-refractivity contribution in [1.29, 1.82) is 0 Å². The molecule has 1 amide bonds. The highest BCUT2D eigenvalue weighted by atomic mass is 16.1. The van der Waals surface area contributed by atoms with E-state index < -0.39 is 0 Å². The Labute approximate surface area is 127 Å². The van der Waals surface area contributed by atoms with Crippen LogP contribution in [0.1, 0.15) is 51.4 Å². The Bertz CT molecular complexity index is 487. The molecular weight excluding hydrogens is 266 g/mol. The Kier molecular flexibility index (Phi) is 6.39. The van der Waals surface area contributed by atoms with Crippen LogP contribution in [0, 0.1) is 6.92 Å². The van der Waals surface area contributed by atoms with Gasteiger partial charge in [0.15, 0.2) is 0 Å². The van der Waals surface area contributed by atoms with Gasteiger partial charge in [0.2, 0.25) is 5.91 Å². The zero-order valence-corrected chi connectivity index (χ0v) is 13.7. The van der Waals surface area contributed by atoms with Gasteiger partial charge in [-0.05, 0) is 20.3 Å². The van der Waals surface area contributed by atoms with Gasteiger partial charge in [-0.15, -0.1) is 0 Å². The maximum atomic E-state index is 11.3. The van der Waals surface area contributed by atoms with Crippen molar-refractivity contribution in [3.63, 3.8) is 0 Å². The molecule has 3 N–H and O–H groups in total. The minimum absolute atomic E-state index is 0.166. The Morgan fingerprint density at radius 2 is 2.00 bits per heavy atom. The van der Waals surface area contributed by atoms with Crippen LogP contribution >= 0.6 is 0 Å². The summed E-state index contributed by atoms with van der Waals surface area (Å²) >= 11 is 0. The van der Waals surface area contributed by atoms with Gasteiger partial charge in [-0.2, -0.15) is 0 Å². The fourth-order valence-electron chi connectivity index (χ4n) is 2.03. The Morgan fingerprint density at radius 1 is 1.33 bits per heavy atom. The molecule has 1 aromatic heterocycles. The van der Waals surface area contributed by atoms with Gasteiger partial charge in [0.1, 0.15) is 17.5 Å². The number of carbonyl (C=O) groups excluding carboxylic acids is 1. The van der Waals surface area contributed by atoms with Crippen molar-refractivity contribution in [2.45, 2.75) is 47.0 Å². The summed E-state index contributed by atoms with van der Waals surface area (Å²) in [7, 11) is 0. The molecule has 21 heavy (non-hydrogen) atoms. The molecule has 0 aliphatic heterocycles. The van der Waals surface area contributed by atoms with E-state index in [0.717, 1.165) is 36.0 Å². The first-order valence-corrected chi connectivity index (χ1v) is 7.56. The molecule has 118 valence electrons.